The van der Waals surface area contributed by atoms with E-state index in [1.165, 1.54) is 11.6 Å². The summed E-state index contributed by atoms with van der Waals surface area (Å²) in [5.74, 6) is 0.185. The van der Waals surface area contributed by atoms with Crippen LogP contribution < -0.4 is 10.6 Å². The van der Waals surface area contributed by atoms with Gasteiger partial charge in [0.2, 0.25) is 0 Å². The molecule has 6 heteroatoms. The van der Waals surface area contributed by atoms with Crippen LogP contribution in [0.2, 0.25) is 0 Å². The highest BCUT2D eigenvalue weighted by molar-refractivity contribution is 5.75. The van der Waals surface area contributed by atoms with Crippen LogP contribution in [0, 0.1) is 5.82 Å². The Morgan fingerprint density at radius 3 is 2.50 bits per heavy atom. The summed E-state index contributed by atoms with van der Waals surface area (Å²) in [4.78, 5) is 16.9. The average molecular weight is 380 g/mol. The predicted molar refractivity (Wildman–Crippen MR) is 107 cm³/mol. The van der Waals surface area contributed by atoms with E-state index in [4.69, 9.17) is 0 Å². The number of rotatable bonds is 7. The lowest BCUT2D eigenvalue weighted by atomic mass is 10.1. The molecular weight excluding hydrogens is 355 g/mol. The van der Waals surface area contributed by atoms with Crippen molar-refractivity contribution < 1.29 is 9.18 Å². The number of nitrogens with zero attached hydrogens (tertiary/aromatic N) is 2. The van der Waals surface area contributed by atoms with Crippen LogP contribution in [0.1, 0.15) is 36.3 Å². The topological polar surface area (TPSA) is 59.0 Å². The minimum atomic E-state index is -0.678. The number of carbonyl (C=O) groups excluding carboxylic acids is 1. The van der Waals surface area contributed by atoms with Crippen LogP contribution in [0.4, 0.5) is 9.18 Å². The van der Waals surface area contributed by atoms with E-state index in [9.17, 15) is 9.18 Å². The van der Waals surface area contributed by atoms with E-state index in [1.807, 2.05) is 32.2 Å². The zero-order chi connectivity index (χ0) is 19.9. The lowest BCUT2D eigenvalue weighted by molar-refractivity contribution is 0.234. The van der Waals surface area contributed by atoms with Gasteiger partial charge in [0.1, 0.15) is 17.7 Å². The third kappa shape index (κ3) is 4.97. The maximum Gasteiger partial charge on any atom is 0.315 e. The highest BCUT2D eigenvalue weighted by Crippen LogP contribution is 2.23. The molecular formula is C22H25FN4O. The summed E-state index contributed by atoms with van der Waals surface area (Å²) >= 11 is 0. The molecule has 0 bridgehead atoms. The van der Waals surface area contributed by atoms with Crippen LogP contribution in [0.25, 0.3) is 0 Å². The van der Waals surface area contributed by atoms with E-state index in [2.05, 4.69) is 27.8 Å². The Morgan fingerprint density at radius 2 is 1.82 bits per heavy atom. The number of imidazole rings is 1. The third-order valence-electron chi connectivity index (χ3n) is 4.69. The molecule has 5 nitrogen and oxygen atoms in total. The molecule has 3 rings (SSSR count). The van der Waals surface area contributed by atoms with Gasteiger partial charge in [-0.3, -0.25) is 0 Å². The van der Waals surface area contributed by atoms with E-state index in [0.29, 0.717) is 11.4 Å². The van der Waals surface area contributed by atoms with Crippen molar-refractivity contribution in [1.82, 2.24) is 20.2 Å². The smallest absolute Gasteiger partial charge is 0.315 e. The Labute approximate surface area is 164 Å². The van der Waals surface area contributed by atoms with Crippen LogP contribution in [-0.4, -0.2) is 21.6 Å². The van der Waals surface area contributed by atoms with E-state index >= 15 is 0 Å². The second-order valence-electron chi connectivity index (χ2n) is 6.89. The maximum atomic E-state index is 14.4. The molecule has 146 valence electrons. The number of amides is 2. The van der Waals surface area contributed by atoms with Crippen LogP contribution in [0.5, 0.6) is 0 Å². The molecule has 0 radical (unpaired) electrons. The van der Waals surface area contributed by atoms with Crippen LogP contribution in [0.3, 0.4) is 0 Å². The third-order valence-corrected chi connectivity index (χ3v) is 4.69. The number of carbonyl (C=O) groups is 1. The molecule has 0 aliphatic rings. The van der Waals surface area contributed by atoms with Crippen molar-refractivity contribution in [3.8, 4) is 0 Å². The van der Waals surface area contributed by atoms with Gasteiger partial charge in [-0.15, -0.1) is 0 Å². The van der Waals surface area contributed by atoms with Crippen LogP contribution in [0.15, 0.2) is 67.0 Å². The van der Waals surface area contributed by atoms with Crippen molar-refractivity contribution in [3.05, 3.63) is 89.8 Å². The first kappa shape index (κ1) is 19.6. The lowest BCUT2D eigenvalue weighted by Gasteiger charge is -2.22. The number of halogens is 1. The molecule has 2 amide bonds. The first-order valence-corrected chi connectivity index (χ1v) is 9.37. The highest BCUT2D eigenvalue weighted by Gasteiger charge is 2.23. The molecule has 28 heavy (non-hydrogen) atoms. The number of aryl methyl sites for hydroxylation is 2. The molecule has 2 N–H and O–H groups in total. The van der Waals surface area contributed by atoms with E-state index < -0.39 is 6.04 Å². The summed E-state index contributed by atoms with van der Waals surface area (Å²) in [5.41, 5.74) is 1.61. The molecule has 0 saturated heterocycles. The number of nitrogens with one attached hydrogen (secondary N) is 2. The van der Waals surface area contributed by atoms with Gasteiger partial charge in [0.05, 0.1) is 0 Å². The standard InChI is InChI=1S/C22H25FN4O/c1-16(12-13-17-8-4-3-5-9-17)25-22(28)26-20(21-24-14-15-27(21)2)18-10-6-7-11-19(18)23/h3-11,14-16,20H,12-13H2,1-2H3,(H2,25,26,28)/t16-,20-/m0/s1. The summed E-state index contributed by atoms with van der Waals surface area (Å²) < 4.78 is 16.1. The summed E-state index contributed by atoms with van der Waals surface area (Å²) in [6.07, 6.45) is 5.08. The minimum absolute atomic E-state index is 0.0251. The van der Waals surface area contributed by atoms with Gasteiger partial charge in [-0.05, 0) is 31.4 Å². The van der Waals surface area contributed by atoms with Crippen molar-refractivity contribution >= 4 is 6.03 Å². The van der Waals surface area contributed by atoms with Crippen molar-refractivity contribution in [2.45, 2.75) is 31.8 Å². The molecule has 0 unspecified atom stereocenters. The first-order valence-electron chi connectivity index (χ1n) is 9.37. The van der Waals surface area contributed by atoms with Gasteiger partial charge in [-0.2, -0.15) is 0 Å². The maximum absolute atomic E-state index is 14.4. The number of benzene rings is 2. The average Bonchev–Trinajstić information content (AvgIpc) is 3.12. The molecule has 3 aromatic rings. The minimum Gasteiger partial charge on any atom is -0.336 e. The van der Waals surface area contributed by atoms with Gasteiger partial charge in [0, 0.05) is 31.0 Å². The highest BCUT2D eigenvalue weighted by atomic mass is 19.1. The molecule has 0 aliphatic carbocycles. The fourth-order valence-corrected chi connectivity index (χ4v) is 3.14. The van der Waals surface area contributed by atoms with Crippen molar-refractivity contribution in [2.24, 2.45) is 7.05 Å². The Morgan fingerprint density at radius 1 is 1.11 bits per heavy atom. The number of hydrogen-bond acceptors (Lipinski definition) is 2. The molecule has 1 heterocycles. The Hall–Kier alpha value is -3.15. The summed E-state index contributed by atoms with van der Waals surface area (Å²) in [6.45, 7) is 1.96. The van der Waals surface area contributed by atoms with Gasteiger partial charge in [0.25, 0.3) is 0 Å². The zero-order valence-electron chi connectivity index (χ0n) is 16.1. The number of urea groups is 1. The van der Waals surface area contributed by atoms with Gasteiger partial charge in [-0.25, -0.2) is 14.2 Å². The molecule has 2 atom stereocenters. The summed E-state index contributed by atoms with van der Waals surface area (Å²) in [6, 6.07) is 15.5. The largest absolute Gasteiger partial charge is 0.336 e. The Bertz CT molecular complexity index is 910. The normalized spacial score (nSPS) is 13.0. The molecule has 2 aromatic carbocycles. The van der Waals surface area contributed by atoms with Gasteiger partial charge in [0.15, 0.2) is 0 Å². The van der Waals surface area contributed by atoms with Crippen LogP contribution >= 0.6 is 0 Å². The lowest BCUT2D eigenvalue weighted by Crippen LogP contribution is -2.43. The second kappa shape index (κ2) is 9.17. The SMILES string of the molecule is C[C@@H](CCc1ccccc1)NC(=O)N[C@@H](c1ccccc1F)c1nccn1C. The first-order chi connectivity index (χ1) is 13.5. The van der Waals surface area contributed by atoms with E-state index in [0.717, 1.165) is 12.8 Å². The van der Waals surface area contributed by atoms with E-state index in [1.54, 1.807) is 35.2 Å². The van der Waals surface area contributed by atoms with E-state index in [-0.39, 0.29) is 17.9 Å². The number of aromatic nitrogens is 2. The number of hydrogen-bond donors (Lipinski definition) is 2. The Balaban J connectivity index is 1.66. The van der Waals surface area contributed by atoms with Crippen molar-refractivity contribution in [3.63, 3.8) is 0 Å². The fourth-order valence-electron chi connectivity index (χ4n) is 3.14. The molecule has 0 spiro atoms. The molecule has 1 aromatic heterocycles. The molecule has 0 fully saturated rings. The van der Waals surface area contributed by atoms with Gasteiger partial charge >= 0.3 is 6.03 Å². The van der Waals surface area contributed by atoms with Gasteiger partial charge < -0.3 is 15.2 Å². The summed E-state index contributed by atoms with van der Waals surface area (Å²) in [5, 5.41) is 5.81. The fraction of sp³-hybridized carbons (Fsp3) is 0.273. The molecule has 0 saturated carbocycles. The van der Waals surface area contributed by atoms with Crippen molar-refractivity contribution in [2.75, 3.05) is 0 Å². The predicted octanol–water partition coefficient (Wildman–Crippen LogP) is 3.97. The summed E-state index contributed by atoms with van der Waals surface area (Å²) in [7, 11) is 1.82. The van der Waals surface area contributed by atoms with Gasteiger partial charge in [-0.1, -0.05) is 48.5 Å². The molecule has 0 aliphatic heterocycles. The quantitative estimate of drug-likeness (QED) is 0.652. The monoisotopic (exact) mass is 380 g/mol. The zero-order valence-corrected chi connectivity index (χ0v) is 16.1. The van der Waals surface area contributed by atoms with Crippen molar-refractivity contribution in [1.29, 1.82) is 0 Å². The van der Waals surface area contributed by atoms with Crippen LogP contribution in [-0.2, 0) is 13.5 Å². The second-order valence-corrected chi connectivity index (χ2v) is 6.89. The Kier molecular flexibility index (Phi) is 6.42.